The highest BCUT2D eigenvalue weighted by atomic mass is 14.2. The van der Waals surface area contributed by atoms with Crippen LogP contribution in [0.25, 0.3) is 0 Å². The van der Waals surface area contributed by atoms with Gasteiger partial charge in [0.25, 0.3) is 0 Å². The summed E-state index contributed by atoms with van der Waals surface area (Å²) in [5.74, 6) is 1.25. The summed E-state index contributed by atoms with van der Waals surface area (Å²) in [5.41, 5.74) is 2.94. The first-order valence-corrected chi connectivity index (χ1v) is 6.96. The van der Waals surface area contributed by atoms with Gasteiger partial charge in [0.15, 0.2) is 0 Å². The molecule has 0 unspecified atom stereocenters. The summed E-state index contributed by atoms with van der Waals surface area (Å²) < 4.78 is 0. The summed E-state index contributed by atoms with van der Waals surface area (Å²) >= 11 is 0. The normalized spacial score (nSPS) is 14.1. The zero-order valence-corrected chi connectivity index (χ0v) is 11.3. The van der Waals surface area contributed by atoms with Crippen molar-refractivity contribution < 1.29 is 0 Å². The molecule has 0 radical (unpaired) electrons. The maximum atomic E-state index is 2.29. The molecule has 0 spiro atoms. The second kappa shape index (κ2) is 6.39. The molecule has 94 valence electrons. The molecule has 0 fully saturated rings. The number of hydrogen-bond acceptors (Lipinski definition) is 0. The van der Waals surface area contributed by atoms with Crippen molar-refractivity contribution in [1.29, 1.82) is 0 Å². The van der Waals surface area contributed by atoms with Crippen molar-refractivity contribution in [2.75, 3.05) is 0 Å². The molecule has 2 aromatic rings. The van der Waals surface area contributed by atoms with Crippen molar-refractivity contribution in [2.24, 2.45) is 0 Å². The van der Waals surface area contributed by atoms with Crippen molar-refractivity contribution in [3.8, 4) is 0 Å². The first-order chi connectivity index (χ1) is 8.86. The van der Waals surface area contributed by atoms with E-state index in [0.717, 1.165) is 0 Å². The lowest BCUT2D eigenvalue weighted by Crippen LogP contribution is -2.10. The summed E-state index contributed by atoms with van der Waals surface area (Å²) in [6, 6.07) is 21.8. The van der Waals surface area contributed by atoms with E-state index in [4.69, 9.17) is 0 Å². The summed E-state index contributed by atoms with van der Waals surface area (Å²) in [4.78, 5) is 0. The Morgan fingerprint density at radius 1 is 0.611 bits per heavy atom. The van der Waals surface area contributed by atoms with Gasteiger partial charge in [-0.3, -0.25) is 0 Å². The van der Waals surface area contributed by atoms with Crippen LogP contribution >= 0.6 is 0 Å². The Morgan fingerprint density at radius 3 is 1.22 bits per heavy atom. The Bertz CT molecular complexity index is 398. The van der Waals surface area contributed by atoms with Crippen LogP contribution in [0.4, 0.5) is 0 Å². The molecular weight excluding hydrogens is 216 g/mol. The largest absolute Gasteiger partial charge is 0.0648 e. The molecule has 0 bridgehead atoms. The minimum atomic E-state index is 0.624. The second-order valence-electron chi connectivity index (χ2n) is 4.85. The SMILES string of the molecule is CC[C@H](c1ccccc1)[C@@H](CC)c1ccccc1. The third-order valence-corrected chi connectivity index (χ3v) is 3.82. The van der Waals surface area contributed by atoms with Gasteiger partial charge in [-0.15, -0.1) is 0 Å². The van der Waals surface area contributed by atoms with E-state index in [0.29, 0.717) is 11.8 Å². The van der Waals surface area contributed by atoms with Crippen LogP contribution in [0.1, 0.15) is 49.7 Å². The van der Waals surface area contributed by atoms with Gasteiger partial charge in [0.2, 0.25) is 0 Å². The van der Waals surface area contributed by atoms with Gasteiger partial charge in [-0.2, -0.15) is 0 Å². The summed E-state index contributed by atoms with van der Waals surface area (Å²) in [7, 11) is 0. The van der Waals surface area contributed by atoms with Crippen LogP contribution in [0.5, 0.6) is 0 Å². The zero-order chi connectivity index (χ0) is 12.8. The first kappa shape index (κ1) is 12.9. The molecule has 0 saturated heterocycles. The van der Waals surface area contributed by atoms with Gasteiger partial charge >= 0.3 is 0 Å². The van der Waals surface area contributed by atoms with Crippen LogP contribution in [-0.2, 0) is 0 Å². The Hall–Kier alpha value is -1.56. The third-order valence-electron chi connectivity index (χ3n) is 3.82. The maximum Gasteiger partial charge on any atom is -0.00958 e. The van der Waals surface area contributed by atoms with Crippen LogP contribution in [0.2, 0.25) is 0 Å². The fourth-order valence-electron chi connectivity index (χ4n) is 2.91. The van der Waals surface area contributed by atoms with Gasteiger partial charge in [0.05, 0.1) is 0 Å². The predicted octanol–water partition coefficient (Wildman–Crippen LogP) is 5.37. The van der Waals surface area contributed by atoms with E-state index in [1.807, 2.05) is 0 Å². The number of rotatable bonds is 5. The summed E-state index contributed by atoms with van der Waals surface area (Å²) in [6.07, 6.45) is 2.38. The smallest absolute Gasteiger partial charge is 0.00958 e. The fourth-order valence-corrected chi connectivity index (χ4v) is 2.91. The first-order valence-electron chi connectivity index (χ1n) is 6.96. The van der Waals surface area contributed by atoms with Gasteiger partial charge in [-0.25, -0.2) is 0 Å². The second-order valence-corrected chi connectivity index (χ2v) is 4.85. The van der Waals surface area contributed by atoms with Crippen molar-refractivity contribution in [1.82, 2.24) is 0 Å². The van der Waals surface area contributed by atoms with Crippen molar-refractivity contribution in [3.63, 3.8) is 0 Å². The Labute approximate surface area is 111 Å². The van der Waals surface area contributed by atoms with Crippen LogP contribution in [0, 0.1) is 0 Å². The Morgan fingerprint density at radius 2 is 0.944 bits per heavy atom. The summed E-state index contributed by atoms with van der Waals surface area (Å²) in [6.45, 7) is 4.59. The lowest BCUT2D eigenvalue weighted by atomic mass is 9.78. The molecule has 0 nitrogen and oxygen atoms in total. The highest BCUT2D eigenvalue weighted by Crippen LogP contribution is 2.37. The molecule has 0 aliphatic heterocycles. The van der Waals surface area contributed by atoms with E-state index in [9.17, 15) is 0 Å². The molecule has 0 amide bonds. The van der Waals surface area contributed by atoms with Gasteiger partial charge in [-0.1, -0.05) is 74.5 Å². The molecule has 2 rings (SSSR count). The van der Waals surface area contributed by atoms with E-state index >= 15 is 0 Å². The van der Waals surface area contributed by atoms with E-state index in [1.165, 1.54) is 24.0 Å². The van der Waals surface area contributed by atoms with Gasteiger partial charge < -0.3 is 0 Å². The highest BCUT2D eigenvalue weighted by molar-refractivity contribution is 5.28. The lowest BCUT2D eigenvalue weighted by molar-refractivity contribution is 0.510. The lowest BCUT2D eigenvalue weighted by Gasteiger charge is -2.26. The van der Waals surface area contributed by atoms with Crippen molar-refractivity contribution in [2.45, 2.75) is 38.5 Å². The van der Waals surface area contributed by atoms with Crippen LogP contribution < -0.4 is 0 Å². The van der Waals surface area contributed by atoms with Gasteiger partial charge in [0, 0.05) is 0 Å². The molecule has 0 aromatic heterocycles. The molecule has 0 aliphatic carbocycles. The Balaban J connectivity index is 2.31. The average molecular weight is 238 g/mol. The third kappa shape index (κ3) is 2.81. The minimum absolute atomic E-state index is 0.624. The van der Waals surface area contributed by atoms with Gasteiger partial charge in [0.1, 0.15) is 0 Å². The molecule has 18 heavy (non-hydrogen) atoms. The molecule has 0 aliphatic rings. The predicted molar refractivity (Wildman–Crippen MR) is 78.9 cm³/mol. The van der Waals surface area contributed by atoms with Gasteiger partial charge in [-0.05, 0) is 35.8 Å². The maximum absolute atomic E-state index is 2.29. The summed E-state index contributed by atoms with van der Waals surface area (Å²) in [5, 5.41) is 0. The fraction of sp³-hybridized carbons (Fsp3) is 0.333. The average Bonchev–Trinajstić information content (AvgIpc) is 2.46. The van der Waals surface area contributed by atoms with E-state index in [-0.39, 0.29) is 0 Å². The Kier molecular flexibility index (Phi) is 4.58. The van der Waals surface area contributed by atoms with Crippen LogP contribution in [0.3, 0.4) is 0 Å². The molecule has 2 atom stereocenters. The van der Waals surface area contributed by atoms with Crippen molar-refractivity contribution >= 4 is 0 Å². The molecule has 0 N–H and O–H groups in total. The molecule has 2 aromatic carbocycles. The topological polar surface area (TPSA) is 0 Å². The molecule has 0 heterocycles. The molecular formula is C18H22. The number of benzene rings is 2. The van der Waals surface area contributed by atoms with Crippen LogP contribution in [-0.4, -0.2) is 0 Å². The number of hydrogen-bond donors (Lipinski definition) is 0. The standard InChI is InChI=1S/C18H22/c1-3-17(15-11-7-5-8-12-15)18(4-2)16-13-9-6-10-14-16/h5-14,17-18H,3-4H2,1-2H3/t17-,18+. The minimum Gasteiger partial charge on any atom is -0.0648 e. The monoisotopic (exact) mass is 238 g/mol. The van der Waals surface area contributed by atoms with E-state index in [2.05, 4.69) is 74.5 Å². The van der Waals surface area contributed by atoms with Crippen LogP contribution in [0.15, 0.2) is 60.7 Å². The zero-order valence-electron chi connectivity index (χ0n) is 11.3. The quantitative estimate of drug-likeness (QED) is 0.656. The molecule has 0 heteroatoms. The molecule has 0 saturated carbocycles. The van der Waals surface area contributed by atoms with Crippen molar-refractivity contribution in [3.05, 3.63) is 71.8 Å². The van der Waals surface area contributed by atoms with E-state index in [1.54, 1.807) is 0 Å². The van der Waals surface area contributed by atoms with E-state index < -0.39 is 0 Å². The highest BCUT2D eigenvalue weighted by Gasteiger charge is 2.21.